The van der Waals surface area contributed by atoms with Gasteiger partial charge >= 0.3 is 0 Å². The number of aromatic nitrogens is 2. The zero-order valence-corrected chi connectivity index (χ0v) is 13.0. The van der Waals surface area contributed by atoms with E-state index in [1.807, 2.05) is 42.1 Å². The second-order valence-corrected chi connectivity index (χ2v) is 5.20. The lowest BCUT2D eigenvalue weighted by atomic mass is 9.99. The van der Waals surface area contributed by atoms with Gasteiger partial charge in [0.25, 0.3) is 0 Å². The quantitative estimate of drug-likeness (QED) is 0.805. The number of aryl methyl sites for hydroxylation is 1. The fraction of sp³-hybridized carbons (Fsp3) is 0.111. The summed E-state index contributed by atoms with van der Waals surface area (Å²) in [7, 11) is 3.51. The summed E-state index contributed by atoms with van der Waals surface area (Å²) in [6.45, 7) is 0. The molecule has 23 heavy (non-hydrogen) atoms. The number of hydrogen-bond donors (Lipinski definition) is 1. The SMILES string of the molecule is COc1ccc(C(N)=O)cc1-c1ccc(-c2ccnn2C)cc1. The summed E-state index contributed by atoms with van der Waals surface area (Å²) in [5, 5.41) is 4.18. The van der Waals surface area contributed by atoms with Gasteiger partial charge in [-0.25, -0.2) is 0 Å². The topological polar surface area (TPSA) is 70.1 Å². The predicted octanol–water partition coefficient (Wildman–Crippen LogP) is 2.86. The Morgan fingerprint density at radius 1 is 1.09 bits per heavy atom. The molecule has 1 heterocycles. The van der Waals surface area contributed by atoms with Crippen molar-refractivity contribution >= 4 is 5.91 Å². The average Bonchev–Trinajstić information content (AvgIpc) is 3.00. The lowest BCUT2D eigenvalue weighted by molar-refractivity contribution is 0.100. The number of benzene rings is 2. The van der Waals surface area contributed by atoms with Crippen molar-refractivity contribution in [1.29, 1.82) is 0 Å². The van der Waals surface area contributed by atoms with Crippen LogP contribution >= 0.6 is 0 Å². The maximum Gasteiger partial charge on any atom is 0.248 e. The Morgan fingerprint density at radius 3 is 2.35 bits per heavy atom. The van der Waals surface area contributed by atoms with Crippen LogP contribution in [0.1, 0.15) is 10.4 Å². The number of amides is 1. The Balaban J connectivity index is 2.03. The van der Waals surface area contributed by atoms with Crippen molar-refractivity contribution in [2.75, 3.05) is 7.11 Å². The first-order valence-electron chi connectivity index (χ1n) is 7.17. The van der Waals surface area contributed by atoms with E-state index in [1.165, 1.54) is 0 Å². The summed E-state index contributed by atoms with van der Waals surface area (Å²) < 4.78 is 7.21. The molecule has 2 aromatic carbocycles. The third-order valence-electron chi connectivity index (χ3n) is 3.80. The van der Waals surface area contributed by atoms with Gasteiger partial charge in [0, 0.05) is 24.4 Å². The molecule has 3 rings (SSSR count). The molecule has 0 bridgehead atoms. The number of hydrogen-bond acceptors (Lipinski definition) is 3. The normalized spacial score (nSPS) is 10.5. The smallest absolute Gasteiger partial charge is 0.248 e. The molecule has 2 N–H and O–H groups in total. The third kappa shape index (κ3) is 2.81. The highest BCUT2D eigenvalue weighted by Crippen LogP contribution is 2.32. The lowest BCUT2D eigenvalue weighted by Gasteiger charge is -2.11. The molecule has 1 amide bonds. The summed E-state index contributed by atoms with van der Waals surface area (Å²) in [5.41, 5.74) is 9.72. The van der Waals surface area contributed by atoms with Crippen molar-refractivity contribution in [2.45, 2.75) is 0 Å². The van der Waals surface area contributed by atoms with Gasteiger partial charge in [-0.05, 0) is 35.4 Å². The van der Waals surface area contributed by atoms with Crippen LogP contribution in [0.4, 0.5) is 0 Å². The molecule has 116 valence electrons. The largest absolute Gasteiger partial charge is 0.496 e. The number of nitrogens with zero attached hydrogens (tertiary/aromatic N) is 2. The van der Waals surface area contributed by atoms with E-state index in [4.69, 9.17) is 10.5 Å². The Kier molecular flexibility index (Phi) is 3.85. The molecule has 0 saturated heterocycles. The van der Waals surface area contributed by atoms with E-state index in [2.05, 4.69) is 5.10 Å². The first-order chi connectivity index (χ1) is 11.1. The van der Waals surface area contributed by atoms with E-state index >= 15 is 0 Å². The number of rotatable bonds is 4. The molecule has 0 aliphatic heterocycles. The Labute approximate surface area is 134 Å². The van der Waals surface area contributed by atoms with Gasteiger partial charge < -0.3 is 10.5 Å². The molecule has 0 aliphatic rings. The third-order valence-corrected chi connectivity index (χ3v) is 3.80. The Bertz CT molecular complexity index is 851. The van der Waals surface area contributed by atoms with Crippen LogP contribution in [-0.4, -0.2) is 22.8 Å². The highest BCUT2D eigenvalue weighted by Gasteiger charge is 2.10. The number of methoxy groups -OCH3 is 1. The van der Waals surface area contributed by atoms with Gasteiger partial charge in [-0.3, -0.25) is 9.48 Å². The molecule has 0 radical (unpaired) electrons. The van der Waals surface area contributed by atoms with Crippen molar-refractivity contribution < 1.29 is 9.53 Å². The van der Waals surface area contributed by atoms with Crippen molar-refractivity contribution in [2.24, 2.45) is 12.8 Å². The maximum atomic E-state index is 11.4. The van der Waals surface area contributed by atoms with Gasteiger partial charge in [-0.15, -0.1) is 0 Å². The van der Waals surface area contributed by atoms with Crippen molar-refractivity contribution in [3.63, 3.8) is 0 Å². The lowest BCUT2D eigenvalue weighted by Crippen LogP contribution is -2.10. The fourth-order valence-electron chi connectivity index (χ4n) is 2.56. The highest BCUT2D eigenvalue weighted by atomic mass is 16.5. The van der Waals surface area contributed by atoms with E-state index in [0.29, 0.717) is 11.3 Å². The number of nitrogens with two attached hydrogens (primary N) is 1. The van der Waals surface area contributed by atoms with Crippen LogP contribution in [0.25, 0.3) is 22.4 Å². The van der Waals surface area contributed by atoms with Crippen molar-refractivity contribution in [1.82, 2.24) is 9.78 Å². The molecular weight excluding hydrogens is 290 g/mol. The minimum Gasteiger partial charge on any atom is -0.496 e. The molecule has 5 nitrogen and oxygen atoms in total. The Hall–Kier alpha value is -3.08. The predicted molar refractivity (Wildman–Crippen MR) is 89.1 cm³/mol. The standard InChI is InChI=1S/C18H17N3O2/c1-21-16(9-10-20-21)13-5-3-12(4-6-13)15-11-14(18(19)22)7-8-17(15)23-2/h3-11H,1-2H3,(H2,19,22). The summed E-state index contributed by atoms with van der Waals surface area (Å²) in [5.74, 6) is 0.240. The minimum atomic E-state index is -0.458. The molecule has 0 spiro atoms. The van der Waals surface area contributed by atoms with Gasteiger partial charge in [-0.1, -0.05) is 24.3 Å². The van der Waals surface area contributed by atoms with E-state index in [0.717, 1.165) is 22.4 Å². The molecule has 0 unspecified atom stereocenters. The number of primary amides is 1. The minimum absolute atomic E-state index is 0.455. The van der Waals surface area contributed by atoms with E-state index in [9.17, 15) is 4.79 Å². The number of carbonyl (C=O) groups excluding carboxylic acids is 1. The van der Waals surface area contributed by atoms with Gasteiger partial charge in [-0.2, -0.15) is 5.10 Å². The second-order valence-electron chi connectivity index (χ2n) is 5.20. The van der Waals surface area contributed by atoms with Gasteiger partial charge in [0.1, 0.15) is 5.75 Å². The second kappa shape index (κ2) is 5.96. The van der Waals surface area contributed by atoms with Crippen LogP contribution in [-0.2, 0) is 7.05 Å². The monoisotopic (exact) mass is 307 g/mol. The van der Waals surface area contributed by atoms with Crippen LogP contribution in [0.2, 0.25) is 0 Å². The molecule has 5 heteroatoms. The van der Waals surface area contributed by atoms with E-state index in [1.54, 1.807) is 31.5 Å². The van der Waals surface area contributed by atoms with Crippen molar-refractivity contribution in [3.8, 4) is 28.1 Å². The van der Waals surface area contributed by atoms with Gasteiger partial charge in [0.05, 0.1) is 12.8 Å². The average molecular weight is 307 g/mol. The van der Waals surface area contributed by atoms with Crippen LogP contribution < -0.4 is 10.5 Å². The molecule has 1 aromatic heterocycles. The first kappa shape index (κ1) is 14.8. The summed E-state index contributed by atoms with van der Waals surface area (Å²) in [4.78, 5) is 11.4. The number of carbonyl (C=O) groups is 1. The molecule has 0 atom stereocenters. The van der Waals surface area contributed by atoms with Gasteiger partial charge in [0.15, 0.2) is 0 Å². The first-order valence-corrected chi connectivity index (χ1v) is 7.17. The summed E-state index contributed by atoms with van der Waals surface area (Å²) in [6, 6.07) is 15.1. The zero-order valence-electron chi connectivity index (χ0n) is 13.0. The Morgan fingerprint density at radius 2 is 1.78 bits per heavy atom. The number of ether oxygens (including phenoxy) is 1. The zero-order chi connectivity index (χ0) is 16.4. The van der Waals surface area contributed by atoms with Crippen LogP contribution in [0.15, 0.2) is 54.7 Å². The van der Waals surface area contributed by atoms with E-state index < -0.39 is 5.91 Å². The molecule has 3 aromatic rings. The van der Waals surface area contributed by atoms with Crippen LogP contribution in [0.5, 0.6) is 5.75 Å². The van der Waals surface area contributed by atoms with E-state index in [-0.39, 0.29) is 0 Å². The maximum absolute atomic E-state index is 11.4. The van der Waals surface area contributed by atoms with Crippen LogP contribution in [0.3, 0.4) is 0 Å². The van der Waals surface area contributed by atoms with Gasteiger partial charge in [0.2, 0.25) is 5.91 Å². The molecule has 0 saturated carbocycles. The highest BCUT2D eigenvalue weighted by molar-refractivity contribution is 5.95. The summed E-state index contributed by atoms with van der Waals surface area (Å²) in [6.07, 6.45) is 1.77. The molecule has 0 fully saturated rings. The van der Waals surface area contributed by atoms with Crippen molar-refractivity contribution in [3.05, 3.63) is 60.3 Å². The molecule has 0 aliphatic carbocycles. The van der Waals surface area contributed by atoms with Crippen LogP contribution in [0, 0.1) is 0 Å². The summed E-state index contributed by atoms with van der Waals surface area (Å²) >= 11 is 0. The fourth-order valence-corrected chi connectivity index (χ4v) is 2.56. The molecular formula is C18H17N3O2.